The van der Waals surface area contributed by atoms with Crippen molar-refractivity contribution in [1.29, 1.82) is 0 Å². The second kappa shape index (κ2) is 10.8. The molecule has 0 atom stereocenters. The molecular weight excluding hydrogens is 526 g/mol. The fourth-order valence-electron chi connectivity index (χ4n) is 3.17. The van der Waals surface area contributed by atoms with E-state index in [0.29, 0.717) is 6.07 Å². The van der Waals surface area contributed by atoms with Crippen LogP contribution in [0, 0.1) is 0 Å². The number of benzene rings is 1. The molecule has 0 aliphatic rings. The lowest BCUT2D eigenvalue weighted by molar-refractivity contribution is -0.274. The number of aryl methyl sites for hydroxylation is 1. The molecule has 0 saturated heterocycles. The number of amides is 2. The average molecular weight is 544 g/mol. The number of primary amides is 1. The Kier molecular flexibility index (Phi) is 7.98. The summed E-state index contributed by atoms with van der Waals surface area (Å²) in [5.74, 6) is -3.96. The van der Waals surface area contributed by atoms with Crippen molar-refractivity contribution in [1.82, 2.24) is 9.97 Å². The summed E-state index contributed by atoms with van der Waals surface area (Å²) in [6, 6.07) is 5.55. The molecule has 0 bridgehead atoms. The highest BCUT2D eigenvalue weighted by Gasteiger charge is 2.36. The minimum Gasteiger partial charge on any atom is -0.493 e. The van der Waals surface area contributed by atoms with Gasteiger partial charge in [0.1, 0.15) is 11.4 Å². The maximum Gasteiger partial charge on any atom is 0.573 e. The molecule has 3 aromatic rings. The molecule has 2 aromatic heterocycles. The van der Waals surface area contributed by atoms with Crippen molar-refractivity contribution in [3.8, 4) is 23.0 Å². The molecule has 3 rings (SSSR count). The van der Waals surface area contributed by atoms with Gasteiger partial charge in [0.25, 0.3) is 11.8 Å². The third-order valence-corrected chi connectivity index (χ3v) is 4.78. The van der Waals surface area contributed by atoms with Crippen LogP contribution in [0.5, 0.6) is 23.0 Å². The van der Waals surface area contributed by atoms with Gasteiger partial charge in [0, 0.05) is 18.0 Å². The van der Waals surface area contributed by atoms with Crippen LogP contribution in [0.15, 0.2) is 42.6 Å². The van der Waals surface area contributed by atoms with Crippen LogP contribution in [0.1, 0.15) is 39.2 Å². The summed E-state index contributed by atoms with van der Waals surface area (Å²) >= 11 is 0. The third-order valence-electron chi connectivity index (χ3n) is 4.78. The first-order valence-corrected chi connectivity index (χ1v) is 10.5. The van der Waals surface area contributed by atoms with E-state index < -0.39 is 52.8 Å². The van der Waals surface area contributed by atoms with E-state index in [9.17, 15) is 35.9 Å². The van der Waals surface area contributed by atoms with Gasteiger partial charge in [-0.3, -0.25) is 14.6 Å². The number of carbonyl (C=O) groups is 2. The number of ether oxygens (including phenoxy) is 3. The van der Waals surface area contributed by atoms with E-state index in [2.05, 4.69) is 20.0 Å². The van der Waals surface area contributed by atoms with E-state index in [0.717, 1.165) is 31.4 Å². The van der Waals surface area contributed by atoms with Crippen molar-refractivity contribution in [2.24, 2.45) is 5.73 Å². The Morgan fingerprint density at radius 3 is 2.29 bits per heavy atom. The van der Waals surface area contributed by atoms with Crippen LogP contribution in [-0.4, -0.2) is 35.3 Å². The summed E-state index contributed by atoms with van der Waals surface area (Å²) in [6.45, 7) is 1.39. The number of aromatic nitrogens is 2. The number of nitrogens with one attached hydrogen (secondary N) is 1. The van der Waals surface area contributed by atoms with Crippen molar-refractivity contribution in [2.45, 2.75) is 25.9 Å². The predicted octanol–water partition coefficient (Wildman–Crippen LogP) is 5.11. The molecule has 2 heterocycles. The van der Waals surface area contributed by atoms with Gasteiger partial charge in [0.2, 0.25) is 0 Å². The third kappa shape index (κ3) is 6.80. The highest BCUT2D eigenvalue weighted by Crippen LogP contribution is 2.40. The first kappa shape index (κ1) is 28.0. The zero-order valence-electron chi connectivity index (χ0n) is 19.5. The SMILES string of the molecule is CCc1nc(C(=O)Nc2ccnc(C(N)=O)c2)c(Oc2ccc(OC(F)(F)F)cc2OC)cc1C(F)(F)F. The Bertz CT molecular complexity index is 1360. The number of carbonyl (C=O) groups excluding carboxylic acids is 2. The van der Waals surface area contributed by atoms with Gasteiger partial charge in [-0.1, -0.05) is 6.92 Å². The fourth-order valence-corrected chi connectivity index (χ4v) is 3.17. The number of nitrogens with zero attached hydrogens (tertiary/aromatic N) is 2. The molecule has 0 saturated carbocycles. The van der Waals surface area contributed by atoms with E-state index >= 15 is 0 Å². The van der Waals surface area contributed by atoms with Crippen LogP contribution in [0.4, 0.5) is 32.0 Å². The van der Waals surface area contributed by atoms with Crippen LogP contribution in [0.3, 0.4) is 0 Å². The van der Waals surface area contributed by atoms with E-state index in [1.165, 1.54) is 19.2 Å². The fraction of sp³-hybridized carbons (Fsp3) is 0.217. The topological polar surface area (TPSA) is 126 Å². The van der Waals surface area contributed by atoms with Gasteiger partial charge >= 0.3 is 12.5 Å². The van der Waals surface area contributed by atoms with Gasteiger partial charge < -0.3 is 25.3 Å². The smallest absolute Gasteiger partial charge is 0.493 e. The highest BCUT2D eigenvalue weighted by molar-refractivity contribution is 6.05. The molecule has 202 valence electrons. The summed E-state index contributed by atoms with van der Waals surface area (Å²) in [7, 11) is 1.08. The monoisotopic (exact) mass is 544 g/mol. The first-order chi connectivity index (χ1) is 17.7. The largest absolute Gasteiger partial charge is 0.573 e. The number of anilines is 1. The van der Waals surface area contributed by atoms with Crippen molar-refractivity contribution in [2.75, 3.05) is 12.4 Å². The number of halogens is 6. The predicted molar refractivity (Wildman–Crippen MR) is 119 cm³/mol. The minimum atomic E-state index is -5.01. The van der Waals surface area contributed by atoms with Gasteiger partial charge in [-0.25, -0.2) is 4.98 Å². The van der Waals surface area contributed by atoms with E-state index in [-0.39, 0.29) is 29.3 Å². The summed E-state index contributed by atoms with van der Waals surface area (Å²) in [5.41, 5.74) is 2.74. The second-order valence-electron chi connectivity index (χ2n) is 7.39. The van der Waals surface area contributed by atoms with Gasteiger partial charge in [0.05, 0.1) is 18.4 Å². The molecule has 2 amide bonds. The maximum atomic E-state index is 13.7. The van der Waals surface area contributed by atoms with E-state index in [1.807, 2.05) is 0 Å². The van der Waals surface area contributed by atoms with E-state index in [1.54, 1.807) is 0 Å². The zero-order valence-corrected chi connectivity index (χ0v) is 19.5. The van der Waals surface area contributed by atoms with Crippen LogP contribution in [0.25, 0.3) is 0 Å². The lowest BCUT2D eigenvalue weighted by Gasteiger charge is -2.18. The van der Waals surface area contributed by atoms with Gasteiger partial charge in [-0.05, 0) is 36.8 Å². The number of hydrogen-bond acceptors (Lipinski definition) is 7. The Labute approximate surface area is 210 Å². The van der Waals surface area contributed by atoms with Crippen molar-refractivity contribution < 1.29 is 50.1 Å². The molecule has 1 aromatic carbocycles. The second-order valence-corrected chi connectivity index (χ2v) is 7.39. The van der Waals surface area contributed by atoms with E-state index in [4.69, 9.17) is 15.2 Å². The van der Waals surface area contributed by atoms with Crippen LogP contribution < -0.4 is 25.3 Å². The summed E-state index contributed by atoms with van der Waals surface area (Å²) in [5, 5.41) is 2.37. The van der Waals surface area contributed by atoms with Gasteiger partial charge in [0.15, 0.2) is 22.9 Å². The molecule has 38 heavy (non-hydrogen) atoms. The van der Waals surface area contributed by atoms with Crippen molar-refractivity contribution in [3.63, 3.8) is 0 Å². The summed E-state index contributed by atoms with van der Waals surface area (Å²) in [4.78, 5) is 32.0. The molecule has 0 aliphatic carbocycles. The molecule has 9 nitrogen and oxygen atoms in total. The number of hydrogen-bond donors (Lipinski definition) is 2. The van der Waals surface area contributed by atoms with Crippen LogP contribution in [0.2, 0.25) is 0 Å². The molecule has 15 heteroatoms. The highest BCUT2D eigenvalue weighted by atomic mass is 19.4. The van der Waals surface area contributed by atoms with Crippen LogP contribution >= 0.6 is 0 Å². The van der Waals surface area contributed by atoms with Crippen LogP contribution in [-0.2, 0) is 12.6 Å². The zero-order chi connectivity index (χ0) is 28.3. The quantitative estimate of drug-likeness (QED) is 0.378. The molecule has 0 radical (unpaired) electrons. The number of rotatable bonds is 8. The molecule has 0 fully saturated rings. The normalized spacial score (nSPS) is 11.6. The number of methoxy groups -OCH3 is 1. The van der Waals surface area contributed by atoms with Crippen molar-refractivity contribution in [3.05, 3.63) is 65.2 Å². The molecule has 0 spiro atoms. The Hall–Kier alpha value is -4.56. The van der Waals surface area contributed by atoms with Crippen molar-refractivity contribution >= 4 is 17.5 Å². The van der Waals surface area contributed by atoms with Gasteiger partial charge in [-0.15, -0.1) is 13.2 Å². The summed E-state index contributed by atoms with van der Waals surface area (Å²) in [6.07, 6.45) is -8.92. The lowest BCUT2D eigenvalue weighted by Crippen LogP contribution is -2.20. The standard InChI is InChI=1S/C23H18F6N4O5/c1-3-14-13(22(24,25)26)10-18(37-16-5-4-12(9-17(16)36-2)38-23(27,28)29)19(33-14)21(35)32-11-6-7-31-15(8-11)20(30)34/h4-10H,3H2,1-2H3,(H2,30,34)(H,31,32,35). The molecule has 0 unspecified atom stereocenters. The Balaban J connectivity index is 2.08. The molecule has 3 N–H and O–H groups in total. The maximum absolute atomic E-state index is 13.7. The number of alkyl halides is 6. The first-order valence-electron chi connectivity index (χ1n) is 10.5. The Morgan fingerprint density at radius 1 is 1.00 bits per heavy atom. The average Bonchev–Trinajstić information content (AvgIpc) is 2.83. The molecular formula is C23H18F6N4O5. The molecule has 0 aliphatic heterocycles. The lowest BCUT2D eigenvalue weighted by atomic mass is 10.1. The van der Waals surface area contributed by atoms with Gasteiger partial charge in [-0.2, -0.15) is 13.2 Å². The number of pyridine rings is 2. The minimum absolute atomic E-state index is 0.0238. The summed E-state index contributed by atoms with van der Waals surface area (Å²) < 4.78 is 93.1. The number of nitrogens with two attached hydrogens (primary N) is 1. The Morgan fingerprint density at radius 2 is 1.71 bits per heavy atom.